The number of fused-ring (bicyclic) bond motifs is 4. The number of carbonyl (C=O) groups excluding carboxylic acids is 1. The Bertz CT molecular complexity index is 1710. The number of amides is 1. The summed E-state index contributed by atoms with van der Waals surface area (Å²) in [7, 11) is 4.12. The van der Waals surface area contributed by atoms with Gasteiger partial charge in [0.1, 0.15) is 11.3 Å². The van der Waals surface area contributed by atoms with Crippen LogP contribution in [0.25, 0.3) is 27.6 Å². The van der Waals surface area contributed by atoms with E-state index in [1.807, 2.05) is 41.2 Å². The van der Waals surface area contributed by atoms with Gasteiger partial charge >= 0.3 is 0 Å². The lowest BCUT2D eigenvalue weighted by Crippen LogP contribution is -2.19. The Labute approximate surface area is 225 Å². The van der Waals surface area contributed by atoms with E-state index in [1.54, 1.807) is 6.26 Å². The molecule has 1 fully saturated rings. The molecule has 5 aromatic rings. The van der Waals surface area contributed by atoms with Gasteiger partial charge in [-0.25, -0.2) is 9.50 Å². The molecule has 0 bridgehead atoms. The topological polar surface area (TPSA) is 96.9 Å². The van der Waals surface area contributed by atoms with Gasteiger partial charge in [0.05, 0.1) is 29.4 Å². The van der Waals surface area contributed by atoms with Crippen LogP contribution in [0.15, 0.2) is 59.5 Å². The average molecular weight is 523 g/mol. The fourth-order valence-corrected chi connectivity index (χ4v) is 5.92. The number of benzene rings is 1. The average Bonchev–Trinajstić information content (AvgIpc) is 3.68. The maximum atomic E-state index is 13.1. The van der Waals surface area contributed by atoms with Gasteiger partial charge in [-0.2, -0.15) is 5.10 Å². The van der Waals surface area contributed by atoms with Gasteiger partial charge in [0.15, 0.2) is 5.58 Å². The Hall–Kier alpha value is -4.21. The largest absolute Gasteiger partial charge is 0.462 e. The van der Waals surface area contributed by atoms with Crippen LogP contribution in [0.3, 0.4) is 0 Å². The summed E-state index contributed by atoms with van der Waals surface area (Å²) < 4.78 is 13.2. The number of pyridine rings is 2. The quantitative estimate of drug-likeness (QED) is 0.321. The third-order valence-electron chi connectivity index (χ3n) is 7.76. The number of anilines is 2. The molecule has 9 heteroatoms. The number of nitrogens with zero attached hydrogens (tertiary/aromatic N) is 4. The van der Waals surface area contributed by atoms with E-state index in [0.717, 1.165) is 83.0 Å². The minimum Gasteiger partial charge on any atom is -0.462 e. The number of aromatic nitrogens is 3. The number of ether oxygens (including phenoxy) is 1. The van der Waals surface area contributed by atoms with Crippen molar-refractivity contribution in [3.05, 3.63) is 77.4 Å². The lowest BCUT2D eigenvalue weighted by molar-refractivity contribution is 0.0849. The zero-order valence-electron chi connectivity index (χ0n) is 22.0. The Morgan fingerprint density at radius 2 is 1.97 bits per heavy atom. The summed E-state index contributed by atoms with van der Waals surface area (Å²) in [6.07, 6.45) is 7.48. The number of carbonyl (C=O) groups is 1. The molecule has 9 nitrogen and oxygen atoms in total. The fourth-order valence-electron chi connectivity index (χ4n) is 5.92. The number of nitrogens with one attached hydrogen (secondary N) is 2. The molecule has 2 aliphatic heterocycles. The molecule has 198 valence electrons. The zero-order chi connectivity index (χ0) is 26.5. The summed E-state index contributed by atoms with van der Waals surface area (Å²) in [5.74, 6) is 1.09. The van der Waals surface area contributed by atoms with Crippen LogP contribution in [0.5, 0.6) is 0 Å². The lowest BCUT2D eigenvalue weighted by atomic mass is 9.90. The van der Waals surface area contributed by atoms with E-state index in [-0.39, 0.29) is 5.91 Å². The maximum absolute atomic E-state index is 13.1. The first kappa shape index (κ1) is 23.9. The molecular weight excluding hydrogens is 492 g/mol. The Morgan fingerprint density at radius 1 is 1.10 bits per heavy atom. The van der Waals surface area contributed by atoms with E-state index in [9.17, 15) is 4.79 Å². The number of rotatable bonds is 6. The molecule has 1 aromatic carbocycles. The van der Waals surface area contributed by atoms with Crippen LogP contribution in [0, 0.1) is 0 Å². The molecule has 0 radical (unpaired) electrons. The molecule has 7 rings (SSSR count). The molecule has 6 heterocycles. The van der Waals surface area contributed by atoms with E-state index >= 15 is 0 Å². The summed E-state index contributed by atoms with van der Waals surface area (Å²) in [4.78, 5) is 20.2. The standard InChI is InChI=1S/C30H30N6O3/c1-35(2)17-25-20(18-8-12-38-13-9-18)4-6-26(34-25)33-24-5-3-21(22-15-31-30(37)27(22)24)23-16-32-36-11-7-19-10-14-39-29(19)28(23)36/h3-7,10-11,14,16,18H,8-9,12-13,15,17H2,1-2H3,(H,31,37)(H,33,34). The first-order valence-corrected chi connectivity index (χ1v) is 13.3. The van der Waals surface area contributed by atoms with Crippen molar-refractivity contribution in [2.45, 2.75) is 31.8 Å². The highest BCUT2D eigenvalue weighted by Gasteiger charge is 2.28. The molecule has 0 unspecified atom stereocenters. The molecule has 1 saturated heterocycles. The van der Waals surface area contributed by atoms with Gasteiger partial charge in [-0.1, -0.05) is 12.1 Å². The Kier molecular flexibility index (Phi) is 5.82. The van der Waals surface area contributed by atoms with E-state index in [2.05, 4.69) is 46.9 Å². The van der Waals surface area contributed by atoms with Crippen LogP contribution in [0.1, 0.15) is 45.9 Å². The molecule has 4 aromatic heterocycles. The van der Waals surface area contributed by atoms with Crippen molar-refractivity contribution in [1.29, 1.82) is 0 Å². The van der Waals surface area contributed by atoms with Crippen molar-refractivity contribution in [3.63, 3.8) is 0 Å². The van der Waals surface area contributed by atoms with Gasteiger partial charge in [0.25, 0.3) is 5.91 Å². The Morgan fingerprint density at radius 3 is 2.82 bits per heavy atom. The summed E-state index contributed by atoms with van der Waals surface area (Å²) in [5.41, 5.74) is 8.23. The van der Waals surface area contributed by atoms with Crippen molar-refractivity contribution in [3.8, 4) is 11.1 Å². The molecular formula is C30H30N6O3. The van der Waals surface area contributed by atoms with Crippen LogP contribution in [-0.4, -0.2) is 52.7 Å². The van der Waals surface area contributed by atoms with Gasteiger partial charge in [-0.3, -0.25) is 4.79 Å². The van der Waals surface area contributed by atoms with Crippen molar-refractivity contribution < 1.29 is 13.9 Å². The monoisotopic (exact) mass is 522 g/mol. The van der Waals surface area contributed by atoms with Crippen molar-refractivity contribution in [1.82, 2.24) is 24.8 Å². The molecule has 0 spiro atoms. The summed E-state index contributed by atoms with van der Waals surface area (Å²) in [6, 6.07) is 12.2. The van der Waals surface area contributed by atoms with E-state index < -0.39 is 0 Å². The number of hydrogen-bond acceptors (Lipinski definition) is 7. The first-order chi connectivity index (χ1) is 19.1. The van der Waals surface area contributed by atoms with Crippen LogP contribution in [0.2, 0.25) is 0 Å². The molecule has 2 N–H and O–H groups in total. The predicted octanol–water partition coefficient (Wildman–Crippen LogP) is 5.09. The second-order valence-electron chi connectivity index (χ2n) is 10.6. The molecule has 0 saturated carbocycles. The molecule has 39 heavy (non-hydrogen) atoms. The smallest absolute Gasteiger partial charge is 0.254 e. The van der Waals surface area contributed by atoms with E-state index in [4.69, 9.17) is 14.1 Å². The fraction of sp³-hybridized carbons (Fsp3) is 0.300. The molecule has 0 aliphatic carbocycles. The van der Waals surface area contributed by atoms with Crippen molar-refractivity contribution in [2.75, 3.05) is 32.6 Å². The molecule has 1 amide bonds. The van der Waals surface area contributed by atoms with Gasteiger partial charge < -0.3 is 24.7 Å². The van der Waals surface area contributed by atoms with Gasteiger partial charge in [-0.05, 0) is 73.8 Å². The zero-order valence-corrected chi connectivity index (χ0v) is 22.0. The number of hydrogen-bond donors (Lipinski definition) is 2. The minimum absolute atomic E-state index is 0.0960. The van der Waals surface area contributed by atoms with Crippen molar-refractivity contribution >= 4 is 33.9 Å². The summed E-state index contributed by atoms with van der Waals surface area (Å²) in [5, 5.41) is 12.0. The SMILES string of the molecule is CN(C)Cc1nc(Nc2ccc(-c3cnn4ccc5ccoc5c34)c3c2C(=O)NC3)ccc1C1CCOCC1. The molecule has 0 atom stereocenters. The van der Waals surface area contributed by atoms with E-state index in [0.29, 0.717) is 18.0 Å². The van der Waals surface area contributed by atoms with Gasteiger partial charge in [0.2, 0.25) is 0 Å². The second-order valence-corrected chi connectivity index (χ2v) is 10.6. The summed E-state index contributed by atoms with van der Waals surface area (Å²) in [6.45, 7) is 2.78. The van der Waals surface area contributed by atoms with Gasteiger partial charge in [0, 0.05) is 43.4 Å². The van der Waals surface area contributed by atoms with Crippen LogP contribution < -0.4 is 10.6 Å². The van der Waals surface area contributed by atoms with Crippen molar-refractivity contribution in [2.24, 2.45) is 0 Å². The highest BCUT2D eigenvalue weighted by atomic mass is 16.5. The summed E-state index contributed by atoms with van der Waals surface area (Å²) >= 11 is 0. The van der Waals surface area contributed by atoms with Crippen LogP contribution in [-0.2, 0) is 17.8 Å². The highest BCUT2D eigenvalue weighted by molar-refractivity contribution is 6.08. The molecule has 2 aliphatic rings. The lowest BCUT2D eigenvalue weighted by Gasteiger charge is -2.25. The third kappa shape index (κ3) is 4.14. The van der Waals surface area contributed by atoms with E-state index in [1.165, 1.54) is 5.56 Å². The minimum atomic E-state index is -0.0960. The predicted molar refractivity (Wildman–Crippen MR) is 149 cm³/mol. The Balaban J connectivity index is 1.28. The maximum Gasteiger partial charge on any atom is 0.254 e. The van der Waals surface area contributed by atoms with Crippen LogP contribution >= 0.6 is 0 Å². The normalized spacial score (nSPS) is 15.8. The highest BCUT2D eigenvalue weighted by Crippen LogP contribution is 2.39. The van der Waals surface area contributed by atoms with Gasteiger partial charge in [-0.15, -0.1) is 0 Å². The number of furan rings is 1. The first-order valence-electron chi connectivity index (χ1n) is 13.3. The van der Waals surface area contributed by atoms with Crippen LogP contribution in [0.4, 0.5) is 11.5 Å². The third-order valence-corrected chi connectivity index (χ3v) is 7.76. The second kappa shape index (κ2) is 9.52.